The van der Waals surface area contributed by atoms with E-state index in [1.54, 1.807) is 0 Å². The second-order valence-electron chi connectivity index (χ2n) is 6.76. The number of nitrogens with one attached hydrogen (secondary N) is 1. The quantitative estimate of drug-likeness (QED) is 0.871. The van der Waals surface area contributed by atoms with E-state index in [2.05, 4.69) is 46.0 Å². The summed E-state index contributed by atoms with van der Waals surface area (Å²) in [5, 5.41) is 12.9. The summed E-state index contributed by atoms with van der Waals surface area (Å²) in [6.45, 7) is 2.06. The second-order valence-corrected chi connectivity index (χ2v) is 10.8. The van der Waals surface area contributed by atoms with Crippen LogP contribution in [-0.4, -0.2) is 31.7 Å². The highest BCUT2D eigenvalue weighted by molar-refractivity contribution is 8.21. The molecule has 2 aliphatic carbocycles. The molecule has 1 aliphatic heterocycles. The number of thioether (sulfide) groups is 2. The molecule has 1 amide bonds. The minimum absolute atomic E-state index is 0.159. The van der Waals surface area contributed by atoms with Crippen LogP contribution in [0.4, 0.5) is 5.13 Å². The summed E-state index contributed by atoms with van der Waals surface area (Å²) in [4.78, 5) is 12.7. The van der Waals surface area contributed by atoms with Crippen molar-refractivity contribution in [2.24, 2.45) is 17.8 Å². The van der Waals surface area contributed by atoms with Crippen molar-refractivity contribution < 1.29 is 4.79 Å². The normalized spacial score (nSPS) is 32.1. The van der Waals surface area contributed by atoms with Crippen LogP contribution in [0.2, 0.25) is 0 Å². The first-order chi connectivity index (χ1) is 11.2. The number of aromatic nitrogens is 2. The molecule has 1 aromatic heterocycles. The lowest BCUT2D eigenvalue weighted by atomic mass is 9.67. The maximum atomic E-state index is 12.7. The van der Waals surface area contributed by atoms with E-state index in [1.807, 2.05) is 0 Å². The Balaban J connectivity index is 1.45. The minimum atomic E-state index is 0.159. The number of amides is 1. The first-order valence-corrected chi connectivity index (χ1v) is 11.4. The first kappa shape index (κ1) is 16.2. The van der Waals surface area contributed by atoms with E-state index in [9.17, 15) is 4.79 Å². The second kappa shape index (κ2) is 6.56. The molecule has 1 unspecified atom stereocenters. The summed E-state index contributed by atoms with van der Waals surface area (Å²) >= 11 is 5.89. The van der Waals surface area contributed by atoms with Gasteiger partial charge in [0.2, 0.25) is 11.0 Å². The molecule has 4 nitrogen and oxygen atoms in total. The zero-order valence-electron chi connectivity index (χ0n) is 13.4. The molecule has 3 fully saturated rings. The van der Waals surface area contributed by atoms with Crippen molar-refractivity contribution in [2.45, 2.75) is 49.5 Å². The third kappa shape index (κ3) is 2.93. The van der Waals surface area contributed by atoms with Crippen LogP contribution in [0.1, 0.15) is 44.0 Å². The fourth-order valence-electron chi connectivity index (χ4n) is 4.48. The largest absolute Gasteiger partial charge is 0.300 e. The molecule has 126 valence electrons. The van der Waals surface area contributed by atoms with Crippen molar-refractivity contribution in [3.05, 3.63) is 5.01 Å². The molecule has 4 rings (SSSR count). The van der Waals surface area contributed by atoms with Gasteiger partial charge in [-0.2, -0.15) is 0 Å². The summed E-state index contributed by atoms with van der Waals surface area (Å²) in [5.41, 5.74) is 0. The third-order valence-corrected chi connectivity index (χ3v) is 10.5. The van der Waals surface area contributed by atoms with E-state index in [0.717, 1.165) is 24.3 Å². The van der Waals surface area contributed by atoms with Crippen LogP contribution in [0.5, 0.6) is 0 Å². The van der Waals surface area contributed by atoms with E-state index in [-0.39, 0.29) is 11.8 Å². The summed E-state index contributed by atoms with van der Waals surface area (Å²) in [6.07, 6.45) is 6.95. The lowest BCUT2D eigenvalue weighted by molar-refractivity contribution is -0.122. The first-order valence-electron chi connectivity index (χ1n) is 8.62. The van der Waals surface area contributed by atoms with Gasteiger partial charge < -0.3 is 5.32 Å². The molecular formula is C16H23N3OS3. The number of anilines is 1. The Morgan fingerprint density at radius 1 is 1.22 bits per heavy atom. The molecule has 1 aromatic rings. The summed E-state index contributed by atoms with van der Waals surface area (Å²) in [6, 6.07) is 0. The van der Waals surface area contributed by atoms with E-state index in [1.165, 1.54) is 42.1 Å². The topological polar surface area (TPSA) is 54.9 Å². The van der Waals surface area contributed by atoms with Crippen molar-refractivity contribution in [3.8, 4) is 0 Å². The molecule has 1 N–H and O–H groups in total. The van der Waals surface area contributed by atoms with Gasteiger partial charge in [-0.1, -0.05) is 24.7 Å². The molecule has 7 heteroatoms. The van der Waals surface area contributed by atoms with Crippen LogP contribution in [0, 0.1) is 17.8 Å². The van der Waals surface area contributed by atoms with Gasteiger partial charge in [-0.05, 0) is 43.9 Å². The molecular weight excluding hydrogens is 346 g/mol. The Hall–Kier alpha value is -0.270. The van der Waals surface area contributed by atoms with Crippen LogP contribution >= 0.6 is 34.9 Å². The Bertz CT molecular complexity index is 569. The van der Waals surface area contributed by atoms with Crippen molar-refractivity contribution >= 4 is 45.9 Å². The molecule has 2 heterocycles. The van der Waals surface area contributed by atoms with E-state index < -0.39 is 0 Å². The smallest absolute Gasteiger partial charge is 0.229 e. The fourth-order valence-corrected chi connectivity index (χ4v) is 9.10. The van der Waals surface area contributed by atoms with E-state index >= 15 is 0 Å². The highest BCUT2D eigenvalue weighted by Crippen LogP contribution is 2.64. The maximum Gasteiger partial charge on any atom is 0.229 e. The third-order valence-electron chi connectivity index (χ3n) is 5.49. The Kier molecular flexibility index (Phi) is 4.62. The van der Waals surface area contributed by atoms with Gasteiger partial charge in [-0.3, -0.25) is 4.79 Å². The number of aryl methyl sites for hydroxylation is 1. The van der Waals surface area contributed by atoms with Crippen LogP contribution in [-0.2, 0) is 11.2 Å². The van der Waals surface area contributed by atoms with Gasteiger partial charge in [0, 0.05) is 17.4 Å². The van der Waals surface area contributed by atoms with Gasteiger partial charge in [0.05, 0.1) is 4.08 Å². The van der Waals surface area contributed by atoms with Gasteiger partial charge in [0.25, 0.3) is 0 Å². The van der Waals surface area contributed by atoms with Crippen LogP contribution in [0.25, 0.3) is 0 Å². The molecule has 1 spiro atoms. The van der Waals surface area contributed by atoms with E-state index in [0.29, 0.717) is 21.0 Å². The lowest BCUT2D eigenvalue weighted by Gasteiger charge is -2.51. The number of rotatable bonds is 3. The minimum Gasteiger partial charge on any atom is -0.300 e. The van der Waals surface area contributed by atoms with Gasteiger partial charge in [-0.25, -0.2) is 0 Å². The van der Waals surface area contributed by atoms with Gasteiger partial charge in [0.1, 0.15) is 5.01 Å². The van der Waals surface area contributed by atoms with Crippen LogP contribution in [0.3, 0.4) is 0 Å². The maximum absolute atomic E-state index is 12.7. The average molecular weight is 370 g/mol. The highest BCUT2D eigenvalue weighted by Gasteiger charge is 2.55. The standard InChI is InChI=1S/C16H23N3OS3/c1-2-13-18-19-15(23-13)17-14(20)10-8-11-4-3-5-12(9-10)16(11)21-6-7-22-16/h10-12H,2-9H2,1H3,(H,17,19,20)/t10?,11-,12+. The zero-order chi connectivity index (χ0) is 15.9. The summed E-state index contributed by atoms with van der Waals surface area (Å²) < 4.78 is 0.438. The lowest BCUT2D eigenvalue weighted by Crippen LogP contribution is -2.48. The molecule has 23 heavy (non-hydrogen) atoms. The molecule has 0 aromatic carbocycles. The molecule has 1 saturated heterocycles. The van der Waals surface area contributed by atoms with Gasteiger partial charge >= 0.3 is 0 Å². The number of hydrogen-bond acceptors (Lipinski definition) is 6. The number of carbonyl (C=O) groups excluding carboxylic acids is 1. The zero-order valence-corrected chi connectivity index (χ0v) is 15.9. The SMILES string of the molecule is CCc1nnc(NC(=O)C2C[C@H]3CCC[C@@H](C2)C32SCCS2)s1. The van der Waals surface area contributed by atoms with Crippen LogP contribution < -0.4 is 5.32 Å². The molecule has 3 atom stereocenters. The van der Waals surface area contributed by atoms with Crippen molar-refractivity contribution in [1.29, 1.82) is 0 Å². The van der Waals surface area contributed by atoms with Crippen molar-refractivity contribution in [2.75, 3.05) is 16.8 Å². The van der Waals surface area contributed by atoms with Gasteiger partial charge in [0.15, 0.2) is 0 Å². The highest BCUT2D eigenvalue weighted by atomic mass is 32.2. The molecule has 3 aliphatic rings. The molecule has 0 radical (unpaired) electrons. The Labute approximate surface area is 150 Å². The molecule has 2 saturated carbocycles. The Morgan fingerprint density at radius 3 is 2.52 bits per heavy atom. The van der Waals surface area contributed by atoms with Gasteiger partial charge in [-0.15, -0.1) is 33.7 Å². The summed E-state index contributed by atoms with van der Waals surface area (Å²) in [5.74, 6) is 4.33. The van der Waals surface area contributed by atoms with Crippen LogP contribution in [0.15, 0.2) is 0 Å². The predicted molar refractivity (Wildman–Crippen MR) is 99.1 cm³/mol. The molecule has 2 bridgehead atoms. The summed E-state index contributed by atoms with van der Waals surface area (Å²) in [7, 11) is 0. The monoisotopic (exact) mass is 369 g/mol. The average Bonchev–Trinajstić information content (AvgIpc) is 3.17. The number of nitrogens with zero attached hydrogens (tertiary/aromatic N) is 2. The van der Waals surface area contributed by atoms with Crippen molar-refractivity contribution in [1.82, 2.24) is 10.2 Å². The fraction of sp³-hybridized carbons (Fsp3) is 0.812. The number of carbonyl (C=O) groups is 1. The van der Waals surface area contributed by atoms with E-state index in [4.69, 9.17) is 0 Å². The van der Waals surface area contributed by atoms with Crippen molar-refractivity contribution in [3.63, 3.8) is 0 Å². The Morgan fingerprint density at radius 2 is 1.91 bits per heavy atom. The number of hydrogen-bond donors (Lipinski definition) is 1. The predicted octanol–water partition coefficient (Wildman–Crippen LogP) is 4.04.